The number of hydrogen-bond donors (Lipinski definition) is 3. The molecule has 0 spiro atoms. The molecule has 0 atom stereocenters. The van der Waals surface area contributed by atoms with Gasteiger partial charge < -0.3 is 16.3 Å². The highest BCUT2D eigenvalue weighted by molar-refractivity contribution is 5.81. The fraction of sp³-hybridized carbons (Fsp3) is 0.857. The molecule has 1 aliphatic rings. The third-order valence-electron chi connectivity index (χ3n) is 2.28. The van der Waals surface area contributed by atoms with Crippen LogP contribution in [0.3, 0.4) is 0 Å². The molecule has 0 aliphatic heterocycles. The predicted molar refractivity (Wildman–Crippen MR) is 43.7 cm³/mol. The van der Waals surface area contributed by atoms with E-state index in [0.717, 1.165) is 0 Å². The van der Waals surface area contributed by atoms with Gasteiger partial charge in [-0.25, -0.2) is 0 Å². The van der Waals surface area contributed by atoms with Crippen molar-refractivity contribution in [1.82, 2.24) is 5.32 Å². The molecular weight excluding hydrogens is 142 g/mol. The van der Waals surface area contributed by atoms with Crippen molar-refractivity contribution in [2.75, 3.05) is 6.54 Å². The SMILES string of the molecule is CC1(NCC(N)=NO)CCC1. The number of oxime groups is 1. The van der Waals surface area contributed by atoms with Gasteiger partial charge in [-0.15, -0.1) is 0 Å². The van der Waals surface area contributed by atoms with E-state index in [1.807, 2.05) is 0 Å². The summed E-state index contributed by atoms with van der Waals surface area (Å²) in [5, 5.41) is 14.4. The van der Waals surface area contributed by atoms with Gasteiger partial charge in [0.2, 0.25) is 0 Å². The van der Waals surface area contributed by atoms with Gasteiger partial charge in [-0.2, -0.15) is 0 Å². The van der Waals surface area contributed by atoms with E-state index in [4.69, 9.17) is 10.9 Å². The van der Waals surface area contributed by atoms with Crippen LogP contribution in [0.2, 0.25) is 0 Å². The summed E-state index contributed by atoms with van der Waals surface area (Å²) in [6, 6.07) is 0. The molecular formula is C7H15N3O. The third-order valence-corrected chi connectivity index (χ3v) is 2.28. The molecule has 0 aromatic heterocycles. The van der Waals surface area contributed by atoms with Crippen LogP contribution in [-0.2, 0) is 0 Å². The molecule has 1 rings (SSSR count). The van der Waals surface area contributed by atoms with E-state index in [2.05, 4.69) is 17.4 Å². The summed E-state index contributed by atoms with van der Waals surface area (Å²) in [5.74, 6) is 0.248. The molecule has 0 radical (unpaired) electrons. The number of hydrogen-bond acceptors (Lipinski definition) is 3. The highest BCUT2D eigenvalue weighted by Crippen LogP contribution is 2.30. The summed E-state index contributed by atoms with van der Waals surface area (Å²) in [6.07, 6.45) is 3.65. The zero-order valence-corrected chi connectivity index (χ0v) is 6.80. The predicted octanol–water partition coefficient (Wildman–Crippen LogP) is 0.265. The summed E-state index contributed by atoms with van der Waals surface area (Å²) in [4.78, 5) is 0. The third kappa shape index (κ3) is 2.08. The lowest BCUT2D eigenvalue weighted by atomic mass is 9.78. The van der Waals surface area contributed by atoms with Crippen LogP contribution in [-0.4, -0.2) is 23.1 Å². The second-order valence-electron chi connectivity index (χ2n) is 3.36. The van der Waals surface area contributed by atoms with Crippen molar-refractivity contribution in [3.63, 3.8) is 0 Å². The standard InChI is InChI=1S/C7H15N3O/c1-7(3-2-4-7)9-5-6(8)10-11/h9,11H,2-5H2,1H3,(H2,8,10). The molecule has 1 saturated carbocycles. The smallest absolute Gasteiger partial charge is 0.153 e. The second kappa shape index (κ2) is 3.09. The maximum atomic E-state index is 8.25. The number of rotatable bonds is 3. The lowest BCUT2D eigenvalue weighted by molar-refractivity contribution is 0.218. The first-order valence-corrected chi connectivity index (χ1v) is 3.88. The Morgan fingerprint density at radius 3 is 2.73 bits per heavy atom. The number of nitrogens with one attached hydrogen (secondary N) is 1. The molecule has 0 saturated heterocycles. The molecule has 0 heterocycles. The van der Waals surface area contributed by atoms with E-state index in [0.29, 0.717) is 6.54 Å². The van der Waals surface area contributed by atoms with Gasteiger partial charge in [-0.1, -0.05) is 5.16 Å². The average Bonchev–Trinajstić information content (AvgIpc) is 1.96. The molecule has 0 amide bonds. The molecule has 1 fully saturated rings. The zero-order valence-electron chi connectivity index (χ0n) is 6.80. The molecule has 0 unspecified atom stereocenters. The fourth-order valence-corrected chi connectivity index (χ4v) is 1.22. The normalized spacial score (nSPS) is 22.8. The van der Waals surface area contributed by atoms with Crippen LogP contribution in [0.4, 0.5) is 0 Å². The van der Waals surface area contributed by atoms with E-state index in [9.17, 15) is 0 Å². The van der Waals surface area contributed by atoms with Crippen molar-refractivity contribution in [2.45, 2.75) is 31.7 Å². The van der Waals surface area contributed by atoms with Gasteiger partial charge in [-0.05, 0) is 26.2 Å². The molecule has 1 aliphatic carbocycles. The summed E-state index contributed by atoms with van der Waals surface area (Å²) in [6.45, 7) is 2.63. The Labute approximate surface area is 66.5 Å². The Hall–Kier alpha value is -0.770. The summed E-state index contributed by atoms with van der Waals surface area (Å²) < 4.78 is 0. The van der Waals surface area contributed by atoms with Crippen LogP contribution in [0.5, 0.6) is 0 Å². The van der Waals surface area contributed by atoms with Crippen LogP contribution in [0.1, 0.15) is 26.2 Å². The van der Waals surface area contributed by atoms with Crippen LogP contribution < -0.4 is 11.1 Å². The fourth-order valence-electron chi connectivity index (χ4n) is 1.22. The number of nitrogens with two attached hydrogens (primary N) is 1. The highest BCUT2D eigenvalue weighted by Gasteiger charge is 2.30. The lowest BCUT2D eigenvalue weighted by Gasteiger charge is -2.39. The molecule has 64 valence electrons. The average molecular weight is 157 g/mol. The van der Waals surface area contributed by atoms with Gasteiger partial charge in [0, 0.05) is 5.54 Å². The van der Waals surface area contributed by atoms with Crippen molar-refractivity contribution in [3.8, 4) is 0 Å². The van der Waals surface area contributed by atoms with E-state index >= 15 is 0 Å². The van der Waals surface area contributed by atoms with Crippen LogP contribution in [0, 0.1) is 0 Å². The van der Waals surface area contributed by atoms with Crippen LogP contribution in [0.25, 0.3) is 0 Å². The quantitative estimate of drug-likeness (QED) is 0.238. The molecule has 0 aromatic rings. The number of amidine groups is 1. The largest absolute Gasteiger partial charge is 0.409 e. The topological polar surface area (TPSA) is 70.6 Å². The van der Waals surface area contributed by atoms with Crippen molar-refractivity contribution in [2.24, 2.45) is 10.9 Å². The molecule has 4 nitrogen and oxygen atoms in total. The first-order valence-electron chi connectivity index (χ1n) is 3.88. The maximum absolute atomic E-state index is 8.25. The van der Waals surface area contributed by atoms with E-state index in [-0.39, 0.29) is 11.4 Å². The maximum Gasteiger partial charge on any atom is 0.153 e. The van der Waals surface area contributed by atoms with E-state index in [1.54, 1.807) is 0 Å². The number of nitrogens with zero attached hydrogens (tertiary/aromatic N) is 1. The van der Waals surface area contributed by atoms with Crippen molar-refractivity contribution < 1.29 is 5.21 Å². The minimum atomic E-state index is 0.231. The Morgan fingerprint density at radius 1 is 1.73 bits per heavy atom. The van der Waals surface area contributed by atoms with Gasteiger partial charge >= 0.3 is 0 Å². The summed E-state index contributed by atoms with van der Waals surface area (Å²) in [5.41, 5.74) is 5.53. The monoisotopic (exact) mass is 157 g/mol. The van der Waals surface area contributed by atoms with Crippen molar-refractivity contribution in [3.05, 3.63) is 0 Å². The van der Waals surface area contributed by atoms with Crippen LogP contribution >= 0.6 is 0 Å². The molecule has 0 bridgehead atoms. The highest BCUT2D eigenvalue weighted by atomic mass is 16.4. The van der Waals surface area contributed by atoms with Crippen LogP contribution in [0.15, 0.2) is 5.16 Å². The molecule has 4 heteroatoms. The van der Waals surface area contributed by atoms with Gasteiger partial charge in [0.1, 0.15) is 0 Å². The Balaban J connectivity index is 2.21. The summed E-state index contributed by atoms with van der Waals surface area (Å²) >= 11 is 0. The molecule has 4 N–H and O–H groups in total. The molecule has 11 heavy (non-hydrogen) atoms. The first kappa shape index (κ1) is 8.33. The van der Waals surface area contributed by atoms with Crippen molar-refractivity contribution >= 4 is 5.84 Å². The van der Waals surface area contributed by atoms with E-state index < -0.39 is 0 Å². The molecule has 0 aromatic carbocycles. The van der Waals surface area contributed by atoms with Gasteiger partial charge in [0.15, 0.2) is 5.84 Å². The first-order chi connectivity index (χ1) is 5.16. The van der Waals surface area contributed by atoms with E-state index in [1.165, 1.54) is 19.3 Å². The Kier molecular flexibility index (Phi) is 2.34. The second-order valence-corrected chi connectivity index (χ2v) is 3.36. The minimum absolute atomic E-state index is 0.231. The Bertz CT molecular complexity index is 163. The summed E-state index contributed by atoms with van der Waals surface area (Å²) in [7, 11) is 0. The van der Waals surface area contributed by atoms with Crippen molar-refractivity contribution in [1.29, 1.82) is 0 Å². The van der Waals surface area contributed by atoms with Gasteiger partial charge in [0.05, 0.1) is 6.54 Å². The lowest BCUT2D eigenvalue weighted by Crippen LogP contribution is -2.50. The minimum Gasteiger partial charge on any atom is -0.409 e. The van der Waals surface area contributed by atoms with Gasteiger partial charge in [-0.3, -0.25) is 0 Å². The Morgan fingerprint density at radius 2 is 2.36 bits per heavy atom. The van der Waals surface area contributed by atoms with Gasteiger partial charge in [0.25, 0.3) is 0 Å². The zero-order chi connectivity index (χ0) is 8.32.